The van der Waals surface area contributed by atoms with E-state index in [0.29, 0.717) is 23.0 Å². The summed E-state index contributed by atoms with van der Waals surface area (Å²) in [6, 6.07) is 1.03. The molecule has 1 aromatic heterocycles. The van der Waals surface area contributed by atoms with Gasteiger partial charge in [-0.05, 0) is 26.3 Å². The van der Waals surface area contributed by atoms with Crippen LogP contribution in [-0.2, 0) is 0 Å². The molecule has 2 saturated heterocycles. The average Bonchev–Trinajstić information content (AvgIpc) is 2.46. The van der Waals surface area contributed by atoms with Gasteiger partial charge in [0.25, 0.3) is 0 Å². The normalized spacial score (nSPS) is 27.2. The molecule has 1 aromatic rings. The fraction of sp³-hybridized carbons (Fsp3) is 0.714. The molecule has 5 nitrogen and oxygen atoms in total. The number of methoxy groups -OCH3 is 1. The van der Waals surface area contributed by atoms with Crippen molar-refractivity contribution in [3.05, 3.63) is 11.5 Å². The predicted molar refractivity (Wildman–Crippen MR) is 79.6 cm³/mol. The van der Waals surface area contributed by atoms with Crippen molar-refractivity contribution in [2.45, 2.75) is 38.3 Å². The Morgan fingerprint density at radius 2 is 2.15 bits per heavy atom. The number of ether oxygens (including phenoxy) is 1. The maximum absolute atomic E-state index is 6.12. The molecule has 2 aliphatic heterocycles. The first-order valence-electron chi connectivity index (χ1n) is 7.26. The van der Waals surface area contributed by atoms with E-state index in [9.17, 15) is 0 Å². The van der Waals surface area contributed by atoms with Gasteiger partial charge < -0.3 is 9.64 Å². The molecule has 0 aliphatic carbocycles. The van der Waals surface area contributed by atoms with Crippen molar-refractivity contribution in [1.29, 1.82) is 0 Å². The maximum atomic E-state index is 6.12. The number of nitrogens with zero attached hydrogens (tertiary/aromatic N) is 4. The van der Waals surface area contributed by atoms with Crippen LogP contribution in [0.15, 0.2) is 6.33 Å². The highest BCUT2D eigenvalue weighted by atomic mass is 35.5. The molecule has 2 fully saturated rings. The quantitative estimate of drug-likeness (QED) is 0.783. The third-order valence-corrected chi connectivity index (χ3v) is 4.67. The molecule has 3 heterocycles. The van der Waals surface area contributed by atoms with Crippen LogP contribution in [-0.4, -0.2) is 53.7 Å². The summed E-state index contributed by atoms with van der Waals surface area (Å²) in [4.78, 5) is 13.3. The standard InChI is InChI=1S/C14H21ClN4O/c1-10-7-18-6-4-3-5-11(18)8-19(10)14-12(20-2)13(15)16-9-17-14/h9-11H,3-8H2,1-2H3. The lowest BCUT2D eigenvalue weighted by Gasteiger charge is -2.48. The Hall–Kier alpha value is -1.07. The zero-order chi connectivity index (χ0) is 14.1. The molecule has 2 aliphatic rings. The first-order valence-corrected chi connectivity index (χ1v) is 7.63. The highest BCUT2D eigenvalue weighted by molar-refractivity contribution is 6.31. The van der Waals surface area contributed by atoms with E-state index in [1.165, 1.54) is 32.1 Å². The SMILES string of the molecule is COc1c(Cl)ncnc1N1CC2CCCCN2CC1C. The van der Waals surface area contributed by atoms with Crippen molar-refractivity contribution in [2.24, 2.45) is 0 Å². The van der Waals surface area contributed by atoms with Gasteiger partial charge in [-0.15, -0.1) is 0 Å². The predicted octanol–water partition coefficient (Wildman–Crippen LogP) is 2.20. The van der Waals surface area contributed by atoms with Gasteiger partial charge >= 0.3 is 0 Å². The summed E-state index contributed by atoms with van der Waals surface area (Å²) in [7, 11) is 1.62. The summed E-state index contributed by atoms with van der Waals surface area (Å²) in [6.45, 7) is 5.53. The minimum absolute atomic E-state index is 0.385. The zero-order valence-electron chi connectivity index (χ0n) is 12.0. The lowest BCUT2D eigenvalue weighted by molar-refractivity contribution is 0.115. The second-order valence-electron chi connectivity index (χ2n) is 5.67. The lowest BCUT2D eigenvalue weighted by atomic mass is 9.97. The third-order valence-electron chi connectivity index (χ3n) is 4.41. The largest absolute Gasteiger partial charge is 0.490 e. The summed E-state index contributed by atoms with van der Waals surface area (Å²) in [5, 5.41) is 0.385. The van der Waals surface area contributed by atoms with E-state index in [2.05, 4.69) is 26.7 Å². The van der Waals surface area contributed by atoms with Crippen LogP contribution in [0.2, 0.25) is 5.15 Å². The molecule has 20 heavy (non-hydrogen) atoms. The van der Waals surface area contributed by atoms with Gasteiger partial charge in [0.2, 0.25) is 0 Å². The van der Waals surface area contributed by atoms with Gasteiger partial charge in [0.15, 0.2) is 16.7 Å². The fourth-order valence-corrected chi connectivity index (χ4v) is 3.58. The highest BCUT2D eigenvalue weighted by Crippen LogP contribution is 2.35. The van der Waals surface area contributed by atoms with Gasteiger partial charge in [-0.25, -0.2) is 9.97 Å². The molecular formula is C14H21ClN4O. The Morgan fingerprint density at radius 3 is 2.95 bits per heavy atom. The van der Waals surface area contributed by atoms with Crippen molar-refractivity contribution >= 4 is 17.4 Å². The molecular weight excluding hydrogens is 276 g/mol. The molecule has 6 heteroatoms. The smallest absolute Gasteiger partial charge is 0.199 e. The van der Waals surface area contributed by atoms with Gasteiger partial charge in [-0.1, -0.05) is 18.0 Å². The van der Waals surface area contributed by atoms with Crippen LogP contribution in [0.5, 0.6) is 5.75 Å². The van der Waals surface area contributed by atoms with Crippen molar-refractivity contribution in [3.8, 4) is 5.75 Å². The van der Waals surface area contributed by atoms with Gasteiger partial charge in [0, 0.05) is 25.2 Å². The molecule has 3 rings (SSSR count). The molecule has 0 amide bonds. The van der Waals surface area contributed by atoms with Crippen LogP contribution in [0.4, 0.5) is 5.82 Å². The second-order valence-corrected chi connectivity index (χ2v) is 6.03. The number of piperidine rings is 1. The average molecular weight is 297 g/mol. The van der Waals surface area contributed by atoms with Crippen LogP contribution >= 0.6 is 11.6 Å². The monoisotopic (exact) mass is 296 g/mol. The van der Waals surface area contributed by atoms with Crippen LogP contribution in [0, 0.1) is 0 Å². The molecule has 0 N–H and O–H groups in total. The second kappa shape index (κ2) is 5.74. The van der Waals surface area contributed by atoms with E-state index in [4.69, 9.17) is 16.3 Å². The van der Waals surface area contributed by atoms with E-state index < -0.39 is 0 Å². The van der Waals surface area contributed by atoms with Crippen molar-refractivity contribution in [1.82, 2.24) is 14.9 Å². The van der Waals surface area contributed by atoms with Crippen LogP contribution in [0.1, 0.15) is 26.2 Å². The number of aromatic nitrogens is 2. The number of anilines is 1. The van der Waals surface area contributed by atoms with Crippen molar-refractivity contribution < 1.29 is 4.74 Å². The molecule has 0 spiro atoms. The minimum Gasteiger partial charge on any atom is -0.490 e. The van der Waals surface area contributed by atoms with Crippen molar-refractivity contribution in [3.63, 3.8) is 0 Å². The zero-order valence-corrected chi connectivity index (χ0v) is 12.8. The number of piperazine rings is 1. The molecule has 2 unspecified atom stereocenters. The summed E-state index contributed by atoms with van der Waals surface area (Å²) < 4.78 is 5.40. The van der Waals surface area contributed by atoms with E-state index in [-0.39, 0.29) is 0 Å². The van der Waals surface area contributed by atoms with Gasteiger partial charge in [0.05, 0.1) is 7.11 Å². The topological polar surface area (TPSA) is 41.5 Å². The number of hydrogen-bond donors (Lipinski definition) is 0. The van der Waals surface area contributed by atoms with Crippen molar-refractivity contribution in [2.75, 3.05) is 31.6 Å². The number of halogens is 1. The summed E-state index contributed by atoms with van der Waals surface area (Å²) in [5.41, 5.74) is 0. The van der Waals surface area contributed by atoms with Crippen LogP contribution in [0.25, 0.3) is 0 Å². The Morgan fingerprint density at radius 1 is 1.30 bits per heavy atom. The van der Waals surface area contributed by atoms with Gasteiger partial charge in [-0.3, -0.25) is 4.90 Å². The lowest BCUT2D eigenvalue weighted by Crippen LogP contribution is -2.59. The summed E-state index contributed by atoms with van der Waals surface area (Å²) in [5.74, 6) is 1.41. The first-order chi connectivity index (χ1) is 9.70. The molecule has 0 saturated carbocycles. The number of fused-ring (bicyclic) bond motifs is 1. The Balaban J connectivity index is 1.88. The van der Waals surface area contributed by atoms with Gasteiger partial charge in [0.1, 0.15) is 6.33 Å². The van der Waals surface area contributed by atoms with E-state index in [1.807, 2.05) is 0 Å². The molecule has 2 atom stereocenters. The van der Waals surface area contributed by atoms with Crippen LogP contribution < -0.4 is 9.64 Å². The fourth-order valence-electron chi connectivity index (χ4n) is 3.37. The third kappa shape index (κ3) is 2.44. The number of hydrogen-bond acceptors (Lipinski definition) is 5. The Bertz CT molecular complexity index is 484. The van der Waals surface area contributed by atoms with Crippen LogP contribution in [0.3, 0.4) is 0 Å². The summed E-state index contributed by atoms with van der Waals surface area (Å²) >= 11 is 6.12. The Kier molecular flexibility index (Phi) is 3.98. The van der Waals surface area contributed by atoms with E-state index in [1.54, 1.807) is 7.11 Å². The molecule has 0 aromatic carbocycles. The van der Waals surface area contributed by atoms with E-state index >= 15 is 0 Å². The molecule has 110 valence electrons. The maximum Gasteiger partial charge on any atom is 0.199 e. The minimum atomic E-state index is 0.385. The highest BCUT2D eigenvalue weighted by Gasteiger charge is 2.35. The number of rotatable bonds is 2. The summed E-state index contributed by atoms with van der Waals surface area (Å²) in [6.07, 6.45) is 5.43. The Labute approximate surface area is 124 Å². The molecule has 0 radical (unpaired) electrons. The molecule has 0 bridgehead atoms. The first kappa shape index (κ1) is 13.9. The van der Waals surface area contributed by atoms with Gasteiger partial charge in [-0.2, -0.15) is 0 Å². The van der Waals surface area contributed by atoms with E-state index in [0.717, 1.165) is 18.9 Å².